The van der Waals surface area contributed by atoms with Crippen LogP contribution in [0.15, 0.2) is 24.3 Å². The quantitative estimate of drug-likeness (QED) is 0.747. The van der Waals surface area contributed by atoms with Crippen molar-refractivity contribution >= 4 is 5.69 Å². The number of anilines is 1. The van der Waals surface area contributed by atoms with Crippen LogP contribution >= 0.6 is 0 Å². The summed E-state index contributed by atoms with van der Waals surface area (Å²) in [7, 11) is 1.76. The molecule has 0 bridgehead atoms. The van der Waals surface area contributed by atoms with Crippen LogP contribution in [-0.2, 0) is 4.74 Å². The number of hydrogen-bond acceptors (Lipinski definition) is 3. The average Bonchev–Trinajstić information content (AvgIpc) is 2.48. The molecule has 2 unspecified atom stereocenters. The maximum absolute atomic E-state index is 5.23. The minimum Gasteiger partial charge on any atom is -0.383 e. The second-order valence-electron chi connectivity index (χ2n) is 5.31. The number of hydrogen-bond donors (Lipinski definition) is 1. The largest absolute Gasteiger partial charge is 0.383 e. The summed E-state index contributed by atoms with van der Waals surface area (Å²) in [6, 6.07) is 9.85. The van der Waals surface area contributed by atoms with E-state index in [1.54, 1.807) is 7.11 Å². The summed E-state index contributed by atoms with van der Waals surface area (Å²) in [6.07, 6.45) is 1.14. The monoisotopic (exact) mass is 278 g/mol. The van der Waals surface area contributed by atoms with Gasteiger partial charge in [0.1, 0.15) is 0 Å². The highest BCUT2D eigenvalue weighted by Crippen LogP contribution is 2.21. The average molecular weight is 278 g/mol. The molecule has 0 aromatic heterocycles. The Morgan fingerprint density at radius 3 is 2.30 bits per heavy atom. The molecule has 0 aliphatic heterocycles. The van der Waals surface area contributed by atoms with Gasteiger partial charge in [0.25, 0.3) is 0 Å². The Morgan fingerprint density at radius 1 is 1.15 bits per heavy atom. The molecule has 1 rings (SSSR count). The minimum absolute atomic E-state index is 0.407. The summed E-state index contributed by atoms with van der Waals surface area (Å²) in [6.45, 7) is 11.5. The van der Waals surface area contributed by atoms with E-state index in [0.717, 1.165) is 26.1 Å². The maximum atomic E-state index is 5.23. The predicted octanol–water partition coefficient (Wildman–Crippen LogP) is 3.61. The number of nitrogens with zero attached hydrogens (tertiary/aromatic N) is 1. The zero-order chi connectivity index (χ0) is 15.0. The van der Waals surface area contributed by atoms with Gasteiger partial charge in [-0.15, -0.1) is 0 Å². The number of benzene rings is 1. The lowest BCUT2D eigenvalue weighted by Crippen LogP contribution is -2.35. The smallest absolute Gasteiger partial charge is 0.0637 e. The fourth-order valence-electron chi connectivity index (χ4n) is 2.39. The van der Waals surface area contributed by atoms with Crippen molar-refractivity contribution in [1.82, 2.24) is 5.32 Å². The van der Waals surface area contributed by atoms with Gasteiger partial charge in [-0.1, -0.05) is 26.0 Å². The standard InChI is InChI=1S/C17H30N2O/c1-6-14(3)19(12-13-20-5)17-10-8-16(9-11-17)15(4)18-7-2/h8-11,14-15,18H,6-7,12-13H2,1-5H3. The Morgan fingerprint density at radius 2 is 1.80 bits per heavy atom. The maximum Gasteiger partial charge on any atom is 0.0637 e. The van der Waals surface area contributed by atoms with Gasteiger partial charge < -0.3 is 15.0 Å². The van der Waals surface area contributed by atoms with Gasteiger partial charge in [0, 0.05) is 31.4 Å². The molecule has 114 valence electrons. The summed E-state index contributed by atoms with van der Waals surface area (Å²) >= 11 is 0. The molecular formula is C17H30N2O. The third kappa shape index (κ3) is 4.80. The molecule has 1 aromatic rings. The Kier molecular flexibility index (Phi) is 7.63. The zero-order valence-corrected chi connectivity index (χ0v) is 13.6. The predicted molar refractivity (Wildman–Crippen MR) is 87.5 cm³/mol. The van der Waals surface area contributed by atoms with Crippen molar-refractivity contribution < 1.29 is 4.74 Å². The Hall–Kier alpha value is -1.06. The molecule has 3 heteroatoms. The summed E-state index contributed by atoms with van der Waals surface area (Å²) in [5.41, 5.74) is 2.62. The van der Waals surface area contributed by atoms with E-state index in [1.807, 2.05) is 0 Å². The molecule has 0 amide bonds. The summed E-state index contributed by atoms with van der Waals surface area (Å²) in [4.78, 5) is 2.42. The highest BCUT2D eigenvalue weighted by atomic mass is 16.5. The van der Waals surface area contributed by atoms with E-state index in [0.29, 0.717) is 12.1 Å². The molecule has 1 N–H and O–H groups in total. The first-order valence-corrected chi connectivity index (χ1v) is 7.72. The van der Waals surface area contributed by atoms with Crippen LogP contribution in [0, 0.1) is 0 Å². The van der Waals surface area contributed by atoms with Crippen LogP contribution < -0.4 is 10.2 Å². The Labute approximate surface area is 124 Å². The first kappa shape index (κ1) is 17.0. The van der Waals surface area contributed by atoms with Crippen molar-refractivity contribution in [2.24, 2.45) is 0 Å². The molecule has 0 aliphatic rings. The van der Waals surface area contributed by atoms with Crippen LogP contribution in [0.25, 0.3) is 0 Å². The Balaban J connectivity index is 2.81. The SMILES string of the molecule is CCNC(C)c1ccc(N(CCOC)C(C)CC)cc1. The van der Waals surface area contributed by atoms with E-state index in [2.05, 4.69) is 62.2 Å². The van der Waals surface area contributed by atoms with Crippen molar-refractivity contribution in [2.75, 3.05) is 31.7 Å². The molecule has 0 spiro atoms. The van der Waals surface area contributed by atoms with Crippen LogP contribution in [0.5, 0.6) is 0 Å². The summed E-state index contributed by atoms with van der Waals surface area (Å²) in [5.74, 6) is 0. The zero-order valence-electron chi connectivity index (χ0n) is 13.6. The Bertz CT molecular complexity index is 364. The fourth-order valence-corrected chi connectivity index (χ4v) is 2.39. The second kappa shape index (κ2) is 8.98. The van der Waals surface area contributed by atoms with E-state index in [9.17, 15) is 0 Å². The van der Waals surface area contributed by atoms with Crippen molar-refractivity contribution in [3.8, 4) is 0 Å². The summed E-state index contributed by atoms with van der Waals surface area (Å²) < 4.78 is 5.23. The van der Waals surface area contributed by atoms with Crippen LogP contribution in [-0.4, -0.2) is 32.8 Å². The van der Waals surface area contributed by atoms with Gasteiger partial charge in [-0.05, 0) is 44.5 Å². The van der Waals surface area contributed by atoms with E-state index < -0.39 is 0 Å². The lowest BCUT2D eigenvalue weighted by molar-refractivity contribution is 0.203. The van der Waals surface area contributed by atoms with E-state index in [4.69, 9.17) is 4.74 Å². The highest BCUT2D eigenvalue weighted by molar-refractivity contribution is 5.49. The van der Waals surface area contributed by atoms with E-state index in [-0.39, 0.29) is 0 Å². The number of nitrogens with one attached hydrogen (secondary N) is 1. The van der Waals surface area contributed by atoms with Crippen molar-refractivity contribution in [1.29, 1.82) is 0 Å². The van der Waals surface area contributed by atoms with Gasteiger partial charge in [-0.3, -0.25) is 0 Å². The first-order chi connectivity index (χ1) is 9.63. The molecule has 3 nitrogen and oxygen atoms in total. The highest BCUT2D eigenvalue weighted by Gasteiger charge is 2.13. The molecule has 0 saturated carbocycles. The van der Waals surface area contributed by atoms with Crippen molar-refractivity contribution in [3.05, 3.63) is 29.8 Å². The molecule has 20 heavy (non-hydrogen) atoms. The second-order valence-corrected chi connectivity index (χ2v) is 5.31. The van der Waals surface area contributed by atoms with Gasteiger partial charge in [0.2, 0.25) is 0 Å². The van der Waals surface area contributed by atoms with Gasteiger partial charge >= 0.3 is 0 Å². The molecule has 1 aromatic carbocycles. The van der Waals surface area contributed by atoms with Gasteiger partial charge in [-0.2, -0.15) is 0 Å². The van der Waals surface area contributed by atoms with Crippen LogP contribution in [0.4, 0.5) is 5.69 Å². The minimum atomic E-state index is 0.407. The first-order valence-electron chi connectivity index (χ1n) is 7.72. The third-order valence-electron chi connectivity index (χ3n) is 3.89. The van der Waals surface area contributed by atoms with Crippen molar-refractivity contribution in [3.63, 3.8) is 0 Å². The topological polar surface area (TPSA) is 24.5 Å². The van der Waals surface area contributed by atoms with Gasteiger partial charge in [0.05, 0.1) is 6.61 Å². The molecule has 0 fully saturated rings. The normalized spacial score (nSPS) is 14.1. The number of ether oxygens (including phenoxy) is 1. The van der Waals surface area contributed by atoms with Gasteiger partial charge in [-0.25, -0.2) is 0 Å². The molecule has 2 atom stereocenters. The molecule has 0 radical (unpaired) electrons. The van der Waals surface area contributed by atoms with Gasteiger partial charge in [0.15, 0.2) is 0 Å². The van der Waals surface area contributed by atoms with Crippen LogP contribution in [0.2, 0.25) is 0 Å². The number of methoxy groups -OCH3 is 1. The molecular weight excluding hydrogens is 248 g/mol. The summed E-state index contributed by atoms with van der Waals surface area (Å²) in [5, 5.41) is 3.45. The molecule has 0 heterocycles. The third-order valence-corrected chi connectivity index (χ3v) is 3.89. The van der Waals surface area contributed by atoms with Crippen molar-refractivity contribution in [2.45, 2.75) is 46.2 Å². The van der Waals surface area contributed by atoms with Crippen LogP contribution in [0.1, 0.15) is 45.7 Å². The number of rotatable bonds is 9. The fraction of sp³-hybridized carbons (Fsp3) is 0.647. The molecule has 0 saturated heterocycles. The van der Waals surface area contributed by atoms with E-state index >= 15 is 0 Å². The van der Waals surface area contributed by atoms with E-state index in [1.165, 1.54) is 11.3 Å². The lowest BCUT2D eigenvalue weighted by Gasteiger charge is -2.31. The van der Waals surface area contributed by atoms with Crippen LogP contribution in [0.3, 0.4) is 0 Å². The molecule has 0 aliphatic carbocycles. The lowest BCUT2D eigenvalue weighted by atomic mass is 10.1.